The van der Waals surface area contributed by atoms with Crippen LogP contribution in [-0.2, 0) is 9.53 Å². The minimum atomic E-state index is -0.643. The molecule has 3 nitrogen and oxygen atoms in total. The summed E-state index contributed by atoms with van der Waals surface area (Å²) in [6.45, 7) is 6.14. The van der Waals surface area contributed by atoms with Crippen LogP contribution >= 0.6 is 0 Å². The van der Waals surface area contributed by atoms with Crippen LogP contribution in [0.3, 0.4) is 0 Å². The van der Waals surface area contributed by atoms with Crippen molar-refractivity contribution in [1.29, 1.82) is 0 Å². The molecule has 0 heterocycles. The maximum absolute atomic E-state index is 11.8. The Balaban J connectivity index is 2.87. The summed E-state index contributed by atoms with van der Waals surface area (Å²) >= 11 is 0. The summed E-state index contributed by atoms with van der Waals surface area (Å²) in [6.07, 6.45) is 1.86. The number of rotatable bonds is 3. The monoisotopic (exact) mass is 200 g/mol. The molecule has 1 aliphatic rings. The lowest BCUT2D eigenvalue weighted by Gasteiger charge is -2.33. The van der Waals surface area contributed by atoms with Gasteiger partial charge in [-0.2, -0.15) is 0 Å². The molecule has 0 saturated heterocycles. The largest absolute Gasteiger partial charge is 0.465 e. The van der Waals surface area contributed by atoms with Gasteiger partial charge in [0.2, 0.25) is 0 Å². The fraction of sp³-hybridized carbons (Fsp3) is 0.909. The first kappa shape index (κ1) is 11.5. The lowest BCUT2D eigenvalue weighted by Crippen LogP contribution is -2.44. The van der Waals surface area contributed by atoms with Crippen molar-refractivity contribution in [2.75, 3.05) is 6.61 Å². The number of hydrogen-bond donors (Lipinski definition) is 1. The lowest BCUT2D eigenvalue weighted by atomic mass is 9.74. The first-order valence-electron chi connectivity index (χ1n) is 5.41. The highest BCUT2D eigenvalue weighted by Gasteiger charge is 2.51. The zero-order valence-corrected chi connectivity index (χ0v) is 9.25. The molecule has 0 aromatic carbocycles. The molecule has 2 atom stereocenters. The molecule has 0 bridgehead atoms. The molecule has 0 spiro atoms. The summed E-state index contributed by atoms with van der Waals surface area (Å²) < 4.78 is 5.06. The van der Waals surface area contributed by atoms with Gasteiger partial charge < -0.3 is 9.84 Å². The highest BCUT2D eigenvalue weighted by atomic mass is 16.5. The van der Waals surface area contributed by atoms with Gasteiger partial charge >= 0.3 is 5.97 Å². The van der Waals surface area contributed by atoms with Crippen molar-refractivity contribution in [3.63, 3.8) is 0 Å². The molecule has 0 aromatic rings. The smallest absolute Gasteiger partial charge is 0.314 e. The number of hydrogen-bond acceptors (Lipinski definition) is 3. The van der Waals surface area contributed by atoms with Crippen LogP contribution in [0.15, 0.2) is 0 Å². The number of carbonyl (C=O) groups is 1. The van der Waals surface area contributed by atoms with Gasteiger partial charge in [-0.05, 0) is 32.1 Å². The van der Waals surface area contributed by atoms with Crippen LogP contribution in [0.2, 0.25) is 0 Å². The van der Waals surface area contributed by atoms with E-state index in [-0.39, 0.29) is 11.9 Å². The quantitative estimate of drug-likeness (QED) is 0.706. The van der Waals surface area contributed by atoms with E-state index >= 15 is 0 Å². The van der Waals surface area contributed by atoms with Gasteiger partial charge in [0.1, 0.15) is 0 Å². The maximum atomic E-state index is 11.8. The summed E-state index contributed by atoms with van der Waals surface area (Å²) in [6, 6.07) is 0. The summed E-state index contributed by atoms with van der Waals surface area (Å²) in [5.74, 6) is -0.0842. The van der Waals surface area contributed by atoms with Gasteiger partial charge in [0.05, 0.1) is 18.1 Å². The number of ether oxygens (including phenoxy) is 1. The maximum Gasteiger partial charge on any atom is 0.314 e. The van der Waals surface area contributed by atoms with Crippen molar-refractivity contribution in [2.45, 2.75) is 46.1 Å². The van der Waals surface area contributed by atoms with E-state index in [1.807, 2.05) is 13.8 Å². The Kier molecular flexibility index (Phi) is 3.53. The molecule has 0 aliphatic heterocycles. The van der Waals surface area contributed by atoms with E-state index < -0.39 is 11.5 Å². The van der Waals surface area contributed by atoms with Crippen LogP contribution in [-0.4, -0.2) is 23.8 Å². The summed E-state index contributed by atoms with van der Waals surface area (Å²) in [4.78, 5) is 11.8. The second-order valence-electron chi connectivity index (χ2n) is 4.32. The van der Waals surface area contributed by atoms with Crippen LogP contribution in [0.5, 0.6) is 0 Å². The van der Waals surface area contributed by atoms with Crippen LogP contribution in [0.4, 0.5) is 0 Å². The third-order valence-corrected chi connectivity index (χ3v) is 3.35. The number of esters is 1. The second-order valence-corrected chi connectivity index (χ2v) is 4.32. The topological polar surface area (TPSA) is 46.5 Å². The van der Waals surface area contributed by atoms with Crippen molar-refractivity contribution in [1.82, 2.24) is 0 Å². The number of aliphatic hydroxyl groups excluding tert-OH is 1. The third-order valence-electron chi connectivity index (χ3n) is 3.35. The fourth-order valence-electron chi connectivity index (χ4n) is 2.42. The van der Waals surface area contributed by atoms with Gasteiger partial charge in [-0.15, -0.1) is 0 Å². The lowest BCUT2D eigenvalue weighted by molar-refractivity contribution is -0.165. The Morgan fingerprint density at radius 2 is 2.29 bits per heavy atom. The molecule has 1 saturated carbocycles. The molecule has 1 N–H and O–H groups in total. The SMILES string of the molecule is CCOC(=O)C1(C(C)C)CCCC1O. The van der Waals surface area contributed by atoms with Crippen molar-refractivity contribution in [3.8, 4) is 0 Å². The number of aliphatic hydroxyl groups is 1. The zero-order chi connectivity index (χ0) is 10.8. The molecule has 1 aliphatic carbocycles. The standard InChI is InChI=1S/C11H20O3/c1-4-14-10(13)11(8(2)3)7-5-6-9(11)12/h8-9,12H,4-7H2,1-3H3. The molecule has 0 radical (unpaired) electrons. The van der Waals surface area contributed by atoms with Crippen LogP contribution in [0.25, 0.3) is 0 Å². The predicted octanol–water partition coefficient (Wildman–Crippen LogP) is 1.74. The van der Waals surface area contributed by atoms with Crippen molar-refractivity contribution in [3.05, 3.63) is 0 Å². The molecular weight excluding hydrogens is 180 g/mol. The van der Waals surface area contributed by atoms with Gasteiger partial charge in [0.15, 0.2) is 0 Å². The zero-order valence-electron chi connectivity index (χ0n) is 9.25. The minimum absolute atomic E-state index is 0.138. The average Bonchev–Trinajstić information content (AvgIpc) is 2.48. The fourth-order valence-corrected chi connectivity index (χ4v) is 2.42. The minimum Gasteiger partial charge on any atom is -0.465 e. The van der Waals surface area contributed by atoms with E-state index in [0.717, 1.165) is 19.3 Å². The molecule has 1 fully saturated rings. The van der Waals surface area contributed by atoms with E-state index in [0.29, 0.717) is 6.61 Å². The highest BCUT2D eigenvalue weighted by Crippen LogP contribution is 2.45. The van der Waals surface area contributed by atoms with Crippen molar-refractivity contribution < 1.29 is 14.6 Å². The molecule has 2 unspecified atom stereocenters. The Hall–Kier alpha value is -0.570. The van der Waals surface area contributed by atoms with Gasteiger partial charge in [-0.3, -0.25) is 4.79 Å². The van der Waals surface area contributed by atoms with Gasteiger partial charge in [-0.1, -0.05) is 13.8 Å². The van der Waals surface area contributed by atoms with E-state index in [2.05, 4.69) is 0 Å². The summed E-state index contributed by atoms with van der Waals surface area (Å²) in [5.41, 5.74) is -0.643. The Morgan fingerprint density at radius 1 is 1.64 bits per heavy atom. The molecule has 0 aromatic heterocycles. The molecule has 14 heavy (non-hydrogen) atoms. The van der Waals surface area contributed by atoms with Crippen molar-refractivity contribution in [2.24, 2.45) is 11.3 Å². The molecule has 82 valence electrons. The Bertz CT molecular complexity index is 213. The van der Waals surface area contributed by atoms with Crippen LogP contribution in [0, 0.1) is 11.3 Å². The molecule has 3 heteroatoms. The van der Waals surface area contributed by atoms with E-state index in [1.54, 1.807) is 6.92 Å². The van der Waals surface area contributed by atoms with E-state index in [4.69, 9.17) is 4.74 Å². The molecule has 1 rings (SSSR count). The average molecular weight is 200 g/mol. The molecule has 0 amide bonds. The Labute approximate surface area is 85.5 Å². The first-order chi connectivity index (χ1) is 6.55. The van der Waals surface area contributed by atoms with Crippen molar-refractivity contribution >= 4 is 5.97 Å². The number of carbonyl (C=O) groups excluding carboxylic acids is 1. The van der Waals surface area contributed by atoms with Crippen LogP contribution in [0.1, 0.15) is 40.0 Å². The highest BCUT2D eigenvalue weighted by molar-refractivity contribution is 5.78. The summed E-state index contributed by atoms with van der Waals surface area (Å²) in [7, 11) is 0. The Morgan fingerprint density at radius 3 is 2.64 bits per heavy atom. The second kappa shape index (κ2) is 4.30. The molecular formula is C11H20O3. The van der Waals surface area contributed by atoms with Gasteiger partial charge in [0, 0.05) is 0 Å². The van der Waals surface area contributed by atoms with Crippen LogP contribution < -0.4 is 0 Å². The normalized spacial score (nSPS) is 32.2. The summed E-state index contributed by atoms with van der Waals surface area (Å²) in [5, 5.41) is 9.91. The predicted molar refractivity (Wildman–Crippen MR) is 53.8 cm³/mol. The van der Waals surface area contributed by atoms with Gasteiger partial charge in [0.25, 0.3) is 0 Å². The first-order valence-corrected chi connectivity index (χ1v) is 5.41. The van der Waals surface area contributed by atoms with E-state index in [1.165, 1.54) is 0 Å². The van der Waals surface area contributed by atoms with E-state index in [9.17, 15) is 9.90 Å². The third kappa shape index (κ3) is 1.65. The van der Waals surface area contributed by atoms with Gasteiger partial charge in [-0.25, -0.2) is 0 Å².